The van der Waals surface area contributed by atoms with Crippen molar-refractivity contribution in [3.63, 3.8) is 0 Å². The summed E-state index contributed by atoms with van der Waals surface area (Å²) in [6.07, 6.45) is 3.46. The Bertz CT molecular complexity index is 2030. The highest BCUT2D eigenvalue weighted by atomic mass is 15.1. The largest absolute Gasteiger partial charge is 0.324 e. The zero-order valence-electron chi connectivity index (χ0n) is 20.7. The molecule has 0 unspecified atom stereocenters. The van der Waals surface area contributed by atoms with E-state index in [2.05, 4.69) is 19.9 Å². The minimum atomic E-state index is 0.446. The molecule has 0 saturated carbocycles. The lowest BCUT2D eigenvalue weighted by molar-refractivity contribution is 1.18. The van der Waals surface area contributed by atoms with Gasteiger partial charge in [-0.05, 0) is 24.3 Å². The molecule has 2 aliphatic rings. The van der Waals surface area contributed by atoms with Crippen molar-refractivity contribution < 1.29 is 0 Å². The number of benzene rings is 2. The molecule has 0 saturated heterocycles. The number of aromatic amines is 2. The van der Waals surface area contributed by atoms with E-state index in [-0.39, 0.29) is 0 Å². The molecule has 0 amide bonds. The molecule has 40 heavy (non-hydrogen) atoms. The van der Waals surface area contributed by atoms with E-state index < -0.39 is 0 Å². The molecule has 10 nitrogen and oxygen atoms in total. The average Bonchev–Trinajstić information content (AvgIpc) is 3.73. The third kappa shape index (κ3) is 2.98. The molecule has 7 aromatic rings. The Kier molecular flexibility index (Phi) is 4.11. The number of hydrogen-bond acceptors (Lipinski definition) is 8. The first-order valence-electron chi connectivity index (χ1n) is 12.7. The maximum atomic E-state index is 4.99. The normalized spacial score (nSPS) is 12.0. The number of hydrogen-bond donors (Lipinski definition) is 2. The van der Waals surface area contributed by atoms with Crippen molar-refractivity contribution in [3.05, 3.63) is 85.2 Å². The molecule has 186 valence electrons. The molecule has 8 bridgehead atoms. The van der Waals surface area contributed by atoms with Crippen LogP contribution in [0.4, 0.5) is 0 Å². The highest BCUT2D eigenvalue weighted by Crippen LogP contribution is 2.35. The second-order valence-corrected chi connectivity index (χ2v) is 9.50. The summed E-state index contributed by atoms with van der Waals surface area (Å²) in [5.41, 5.74) is 6.36. The molecule has 0 atom stereocenters. The monoisotopic (exact) mass is 516 g/mol. The molecule has 2 aromatic carbocycles. The van der Waals surface area contributed by atoms with Gasteiger partial charge in [0.2, 0.25) is 0 Å². The number of pyridine rings is 2. The highest BCUT2D eigenvalue weighted by molar-refractivity contribution is 6.05. The lowest BCUT2D eigenvalue weighted by atomic mass is 10.1. The molecule has 10 heteroatoms. The molecular weight excluding hydrogens is 500 g/mol. The van der Waals surface area contributed by atoms with E-state index in [0.29, 0.717) is 57.1 Å². The topological polar surface area (TPSA) is 135 Å². The van der Waals surface area contributed by atoms with Crippen LogP contribution < -0.4 is 0 Å². The summed E-state index contributed by atoms with van der Waals surface area (Å²) in [5.74, 6) is 2.09. The van der Waals surface area contributed by atoms with Gasteiger partial charge in [0.15, 0.2) is 28.9 Å². The van der Waals surface area contributed by atoms with Crippen molar-refractivity contribution in [1.82, 2.24) is 49.8 Å². The zero-order valence-corrected chi connectivity index (χ0v) is 20.7. The Hall–Kier alpha value is -5.90. The first-order chi connectivity index (χ1) is 19.8. The fourth-order valence-electron chi connectivity index (χ4n) is 5.34. The predicted molar refractivity (Wildman–Crippen MR) is 152 cm³/mol. The summed E-state index contributed by atoms with van der Waals surface area (Å²) in [7, 11) is 0. The van der Waals surface area contributed by atoms with Crippen LogP contribution in [-0.2, 0) is 0 Å². The first kappa shape index (κ1) is 21.1. The third-order valence-corrected chi connectivity index (χ3v) is 7.16. The number of aromatic nitrogens is 10. The van der Waals surface area contributed by atoms with Gasteiger partial charge >= 0.3 is 0 Å². The Balaban J connectivity index is 1.51. The van der Waals surface area contributed by atoms with Crippen molar-refractivity contribution in [2.24, 2.45) is 0 Å². The number of fused-ring (bicyclic) bond motifs is 20. The maximum Gasteiger partial charge on any atom is 0.183 e. The van der Waals surface area contributed by atoms with Gasteiger partial charge in [-0.15, -0.1) is 0 Å². The van der Waals surface area contributed by atoms with Crippen molar-refractivity contribution in [2.75, 3.05) is 0 Å². The van der Waals surface area contributed by atoms with Crippen LogP contribution in [0.25, 0.3) is 89.9 Å². The van der Waals surface area contributed by atoms with E-state index >= 15 is 0 Å². The standard InChI is InChI=1S/C30H16N10/c1-3-9-17-15(7-1)23-33-24-16-8-2-4-10-18(16)26(35-24)37-28-20-12-6-14-32-22(20)30(39-28)40-29-21-19(11-5-13-31-21)27(38-29)36-25(17)34-23/h1-14H,(H2,33,34,35,36,37,38,39,40). The molecule has 7 heterocycles. The van der Waals surface area contributed by atoms with E-state index in [1.165, 1.54) is 0 Å². The van der Waals surface area contributed by atoms with E-state index in [9.17, 15) is 0 Å². The molecule has 0 aliphatic carbocycles. The van der Waals surface area contributed by atoms with E-state index in [1.54, 1.807) is 12.4 Å². The number of rotatable bonds is 0. The van der Waals surface area contributed by atoms with Gasteiger partial charge in [-0.2, -0.15) is 0 Å². The van der Waals surface area contributed by atoms with Gasteiger partial charge in [0.25, 0.3) is 0 Å². The highest BCUT2D eigenvalue weighted by Gasteiger charge is 2.22. The number of nitrogens with zero attached hydrogens (tertiary/aromatic N) is 8. The summed E-state index contributed by atoms with van der Waals surface area (Å²) >= 11 is 0. The summed E-state index contributed by atoms with van der Waals surface area (Å²) in [4.78, 5) is 45.5. The van der Waals surface area contributed by atoms with Crippen LogP contribution in [0, 0.1) is 0 Å². The Morgan fingerprint density at radius 1 is 0.400 bits per heavy atom. The number of nitrogens with one attached hydrogen (secondary N) is 2. The van der Waals surface area contributed by atoms with Crippen molar-refractivity contribution >= 4 is 44.3 Å². The van der Waals surface area contributed by atoms with Crippen LogP contribution in [0.3, 0.4) is 0 Å². The fourth-order valence-corrected chi connectivity index (χ4v) is 5.34. The predicted octanol–water partition coefficient (Wildman–Crippen LogP) is 5.66. The summed E-state index contributed by atoms with van der Waals surface area (Å²) < 4.78 is 0. The molecule has 9 rings (SSSR count). The maximum absolute atomic E-state index is 4.99. The third-order valence-electron chi connectivity index (χ3n) is 7.16. The van der Waals surface area contributed by atoms with Crippen molar-refractivity contribution in [1.29, 1.82) is 0 Å². The smallest absolute Gasteiger partial charge is 0.183 e. The molecule has 5 aromatic heterocycles. The molecule has 0 spiro atoms. The fraction of sp³-hybridized carbons (Fsp3) is 0. The summed E-state index contributed by atoms with van der Waals surface area (Å²) in [6, 6.07) is 23.6. The minimum absolute atomic E-state index is 0.446. The summed E-state index contributed by atoms with van der Waals surface area (Å²) in [6.45, 7) is 0. The first-order valence-corrected chi connectivity index (χ1v) is 12.7. The van der Waals surface area contributed by atoms with Crippen molar-refractivity contribution in [2.45, 2.75) is 0 Å². The van der Waals surface area contributed by atoms with E-state index in [1.807, 2.05) is 72.8 Å². The van der Waals surface area contributed by atoms with Crippen LogP contribution in [0.15, 0.2) is 85.2 Å². The van der Waals surface area contributed by atoms with E-state index in [4.69, 9.17) is 29.9 Å². The lowest BCUT2D eigenvalue weighted by Gasteiger charge is -1.96. The Morgan fingerprint density at radius 2 is 0.900 bits per heavy atom. The molecule has 0 fully saturated rings. The molecule has 0 radical (unpaired) electrons. The minimum Gasteiger partial charge on any atom is -0.324 e. The van der Waals surface area contributed by atoms with Crippen molar-refractivity contribution in [3.8, 4) is 45.7 Å². The van der Waals surface area contributed by atoms with Crippen LogP contribution in [0.2, 0.25) is 0 Å². The lowest BCUT2D eigenvalue weighted by Crippen LogP contribution is -1.85. The van der Waals surface area contributed by atoms with Crippen LogP contribution in [-0.4, -0.2) is 49.8 Å². The Morgan fingerprint density at radius 3 is 1.65 bits per heavy atom. The Labute approximate surface area is 225 Å². The van der Waals surface area contributed by atoms with E-state index in [0.717, 1.165) is 32.8 Å². The van der Waals surface area contributed by atoms with Crippen LogP contribution >= 0.6 is 0 Å². The van der Waals surface area contributed by atoms with Gasteiger partial charge in [-0.3, -0.25) is 9.97 Å². The SMILES string of the molecule is c1ccc2c(c1)-c1nc-2nc2[nH]c(nc3nc(nc4[nH]c(n1)c1ccccc41)-c1cccnc1-3)c1ncccc21. The van der Waals surface area contributed by atoms with Gasteiger partial charge in [0.05, 0.1) is 0 Å². The molecular formula is C30H16N10. The van der Waals surface area contributed by atoms with Gasteiger partial charge in [0, 0.05) is 45.2 Å². The summed E-state index contributed by atoms with van der Waals surface area (Å²) in [5, 5.41) is 2.68. The van der Waals surface area contributed by atoms with Gasteiger partial charge in [-0.1, -0.05) is 48.5 Å². The second-order valence-electron chi connectivity index (χ2n) is 9.50. The van der Waals surface area contributed by atoms with Gasteiger partial charge in [0.1, 0.15) is 28.2 Å². The van der Waals surface area contributed by atoms with Gasteiger partial charge in [-0.25, -0.2) is 29.9 Å². The molecule has 2 N–H and O–H groups in total. The molecule has 2 aliphatic heterocycles. The number of H-pyrrole nitrogens is 2. The quantitative estimate of drug-likeness (QED) is 0.264. The van der Waals surface area contributed by atoms with Crippen LogP contribution in [0.1, 0.15) is 0 Å². The second kappa shape index (κ2) is 7.81. The zero-order chi connectivity index (χ0) is 26.2. The average molecular weight is 517 g/mol. The van der Waals surface area contributed by atoms with Gasteiger partial charge < -0.3 is 9.97 Å². The van der Waals surface area contributed by atoms with Crippen LogP contribution in [0.5, 0.6) is 0 Å².